The molecule has 2 aromatic rings. The zero-order valence-electron chi connectivity index (χ0n) is 19.1. The second-order valence-electron chi connectivity index (χ2n) is 8.37. The van der Waals surface area contributed by atoms with Crippen molar-refractivity contribution in [3.05, 3.63) is 50.2 Å². The van der Waals surface area contributed by atoms with Crippen LogP contribution in [-0.4, -0.2) is 58.6 Å². The summed E-state index contributed by atoms with van der Waals surface area (Å²) in [6.07, 6.45) is -6.40. The minimum atomic E-state index is -5.28. The van der Waals surface area contributed by atoms with Crippen molar-refractivity contribution < 1.29 is 22.8 Å². The first-order chi connectivity index (χ1) is 15.9. The smallest absolute Gasteiger partial charge is 0.327 e. The van der Waals surface area contributed by atoms with Crippen LogP contribution in [0.25, 0.3) is 0 Å². The number of nitrogens with zero attached hydrogens (tertiary/aromatic N) is 5. The van der Waals surface area contributed by atoms with E-state index in [9.17, 15) is 27.6 Å². The van der Waals surface area contributed by atoms with Gasteiger partial charge in [0.25, 0.3) is 5.56 Å². The Morgan fingerprint density at radius 1 is 1.09 bits per heavy atom. The zero-order chi connectivity index (χ0) is 24.9. The van der Waals surface area contributed by atoms with Crippen molar-refractivity contribution in [2.75, 3.05) is 36.1 Å². The van der Waals surface area contributed by atoms with Gasteiger partial charge < -0.3 is 10.2 Å². The molecule has 1 fully saturated rings. The molecule has 2 aliphatic rings. The number of piperazine rings is 1. The summed E-state index contributed by atoms with van der Waals surface area (Å²) in [5.41, 5.74) is 0.608. The first-order valence-corrected chi connectivity index (χ1v) is 10.6. The Labute approximate surface area is 192 Å². The molecule has 184 valence electrons. The molecule has 3 heterocycles. The summed E-state index contributed by atoms with van der Waals surface area (Å²) in [6.45, 7) is 5.51. The van der Waals surface area contributed by atoms with Gasteiger partial charge in [0.05, 0.1) is 0 Å². The first kappa shape index (κ1) is 23.8. The van der Waals surface area contributed by atoms with Crippen LogP contribution in [0.5, 0.6) is 0 Å². The van der Waals surface area contributed by atoms with E-state index in [1.165, 1.54) is 14.1 Å². The third-order valence-electron chi connectivity index (χ3n) is 6.02. The van der Waals surface area contributed by atoms with Crippen molar-refractivity contribution in [1.82, 2.24) is 19.4 Å². The molecule has 0 bridgehead atoms. The van der Waals surface area contributed by atoms with Gasteiger partial charge in [0.1, 0.15) is 0 Å². The molecule has 13 heteroatoms. The highest BCUT2D eigenvalue weighted by Crippen LogP contribution is 2.44. The number of anilines is 3. The monoisotopic (exact) mass is 482 g/mol. The molecule has 1 N–H and O–H groups in total. The number of carbonyl (C=O) groups is 1. The lowest BCUT2D eigenvalue weighted by atomic mass is 10.1. The molecule has 0 spiro atoms. The summed E-state index contributed by atoms with van der Waals surface area (Å²) in [7, 11) is 2.60. The lowest BCUT2D eigenvalue weighted by molar-refractivity contribution is -0.203. The van der Waals surface area contributed by atoms with Gasteiger partial charge >= 0.3 is 17.8 Å². The molecule has 1 aromatic carbocycles. The van der Waals surface area contributed by atoms with Gasteiger partial charge in [-0.05, 0) is 31.0 Å². The Morgan fingerprint density at radius 2 is 1.74 bits per heavy atom. The molecular formula is C21H25F3N6O4. The van der Waals surface area contributed by atoms with Crippen LogP contribution in [0.4, 0.5) is 30.4 Å². The minimum Gasteiger partial charge on any atom is -0.327 e. The van der Waals surface area contributed by atoms with Gasteiger partial charge in [0.2, 0.25) is 6.29 Å². The largest absolute Gasteiger partial charge is 0.493 e. The number of benzene rings is 1. The van der Waals surface area contributed by atoms with E-state index in [1.54, 1.807) is 22.8 Å². The van der Waals surface area contributed by atoms with E-state index in [4.69, 9.17) is 4.84 Å². The van der Waals surface area contributed by atoms with E-state index in [0.717, 1.165) is 25.3 Å². The number of fused-ring (bicyclic) bond motifs is 1. The maximum Gasteiger partial charge on any atom is 0.493 e. The number of hydrogen-bond donors (Lipinski definition) is 1. The minimum absolute atomic E-state index is 0.0585. The van der Waals surface area contributed by atoms with Crippen LogP contribution in [0.2, 0.25) is 0 Å². The Hall–Kier alpha value is -3.32. The molecule has 0 saturated carbocycles. The Morgan fingerprint density at radius 3 is 2.35 bits per heavy atom. The summed E-state index contributed by atoms with van der Waals surface area (Å²) < 4.78 is 41.6. The van der Waals surface area contributed by atoms with Crippen LogP contribution in [0.3, 0.4) is 0 Å². The fraction of sp³-hybridized carbons (Fsp3) is 0.476. The van der Waals surface area contributed by atoms with Gasteiger partial charge in [0, 0.05) is 46.0 Å². The van der Waals surface area contributed by atoms with Crippen molar-refractivity contribution in [2.24, 2.45) is 14.1 Å². The van der Waals surface area contributed by atoms with E-state index in [-0.39, 0.29) is 11.5 Å². The molecule has 34 heavy (non-hydrogen) atoms. The lowest BCUT2D eigenvalue weighted by Crippen LogP contribution is -2.60. The van der Waals surface area contributed by atoms with Crippen LogP contribution in [0.15, 0.2) is 27.8 Å². The van der Waals surface area contributed by atoms with Gasteiger partial charge in [-0.2, -0.15) is 13.2 Å². The maximum absolute atomic E-state index is 13.4. The van der Waals surface area contributed by atoms with E-state index >= 15 is 0 Å². The number of alkyl halides is 3. The predicted octanol–water partition coefficient (Wildman–Crippen LogP) is 0.868. The molecule has 1 atom stereocenters. The van der Waals surface area contributed by atoms with E-state index in [0.29, 0.717) is 31.9 Å². The van der Waals surface area contributed by atoms with Gasteiger partial charge in [-0.1, -0.05) is 12.1 Å². The van der Waals surface area contributed by atoms with Crippen LogP contribution >= 0.6 is 0 Å². The van der Waals surface area contributed by atoms with Crippen molar-refractivity contribution >= 4 is 23.2 Å². The zero-order valence-corrected chi connectivity index (χ0v) is 19.1. The Kier molecular flexibility index (Phi) is 5.94. The van der Waals surface area contributed by atoms with Gasteiger partial charge in [0.15, 0.2) is 11.5 Å². The second-order valence-corrected chi connectivity index (χ2v) is 8.37. The third-order valence-corrected chi connectivity index (χ3v) is 6.02. The quantitative estimate of drug-likeness (QED) is 0.689. The molecule has 4 rings (SSSR count). The first-order valence-electron chi connectivity index (χ1n) is 10.6. The average molecular weight is 482 g/mol. The second kappa shape index (κ2) is 8.47. The van der Waals surface area contributed by atoms with E-state index in [2.05, 4.69) is 5.32 Å². The van der Waals surface area contributed by atoms with Crippen molar-refractivity contribution in [3.8, 4) is 0 Å². The number of carbonyl (C=O) groups excluding carboxylic acids is 1. The summed E-state index contributed by atoms with van der Waals surface area (Å²) in [4.78, 5) is 46.3. The van der Waals surface area contributed by atoms with E-state index < -0.39 is 29.7 Å². The Balaban J connectivity index is 2.03. The number of hydroxylamine groups is 1. The van der Waals surface area contributed by atoms with E-state index in [1.807, 2.05) is 19.1 Å². The lowest BCUT2D eigenvalue weighted by Gasteiger charge is -2.41. The summed E-state index contributed by atoms with van der Waals surface area (Å²) in [5, 5.41) is 3.90. The van der Waals surface area contributed by atoms with Crippen molar-refractivity contribution in [2.45, 2.75) is 26.3 Å². The highest BCUT2D eigenvalue weighted by atomic mass is 19.4. The average Bonchev–Trinajstić information content (AvgIpc) is 3.12. The number of halogens is 3. The molecule has 0 aliphatic carbocycles. The van der Waals surface area contributed by atoms with Crippen LogP contribution in [0.1, 0.15) is 11.1 Å². The topological polar surface area (TPSA) is 92.0 Å². The highest BCUT2D eigenvalue weighted by Gasteiger charge is 2.51. The molecule has 2 aliphatic heterocycles. The normalized spacial score (nSPS) is 18.9. The molecule has 0 radical (unpaired) electrons. The Bertz CT molecular complexity index is 1250. The standard InChI is InChI=1S/C21H25F3N6O4/c1-12-5-6-13(2)14(11-12)29-15-16(26(3)20(33)27(4)17(15)31)30(34-18(32)21(22,23)24)19(29)28-9-7-25-8-10-28/h5-6,11,19,25H,7-10H2,1-4H3. The highest BCUT2D eigenvalue weighted by molar-refractivity contribution is 5.84. The number of rotatable bonds is 3. The molecular weight excluding hydrogens is 457 g/mol. The molecule has 1 aromatic heterocycles. The molecule has 1 saturated heterocycles. The molecule has 1 unspecified atom stereocenters. The number of nitrogens with one attached hydrogen (secondary N) is 1. The molecule has 10 nitrogen and oxygen atoms in total. The van der Waals surface area contributed by atoms with Crippen LogP contribution in [0, 0.1) is 13.8 Å². The third kappa shape index (κ3) is 3.84. The SMILES string of the molecule is Cc1ccc(C)c(N2c3c(n(C)c(=O)n(C)c3=O)N(OC(=O)C(F)(F)F)C2N2CCNCC2)c1. The number of aryl methyl sites for hydroxylation is 2. The maximum atomic E-state index is 13.4. The fourth-order valence-electron chi connectivity index (χ4n) is 4.29. The number of aromatic nitrogens is 2. The van der Waals surface area contributed by atoms with Crippen LogP contribution in [-0.2, 0) is 23.7 Å². The van der Waals surface area contributed by atoms with Gasteiger partial charge in [-0.15, -0.1) is 5.06 Å². The van der Waals surface area contributed by atoms with Crippen molar-refractivity contribution in [3.63, 3.8) is 0 Å². The number of hydrogen-bond acceptors (Lipinski definition) is 8. The van der Waals surface area contributed by atoms with Gasteiger partial charge in [-0.25, -0.2) is 9.59 Å². The van der Waals surface area contributed by atoms with Crippen LogP contribution < -0.4 is 26.5 Å². The predicted molar refractivity (Wildman–Crippen MR) is 118 cm³/mol. The molecule has 0 amide bonds. The summed E-state index contributed by atoms with van der Waals surface area (Å²) in [6, 6.07) is 5.50. The fourth-order valence-corrected chi connectivity index (χ4v) is 4.29. The van der Waals surface area contributed by atoms with Crippen molar-refractivity contribution in [1.29, 1.82) is 0 Å². The summed E-state index contributed by atoms with van der Waals surface area (Å²) >= 11 is 0. The van der Waals surface area contributed by atoms with Gasteiger partial charge in [-0.3, -0.25) is 23.7 Å². The summed E-state index contributed by atoms with van der Waals surface area (Å²) in [5.74, 6) is -2.68.